The molecular formula is C26H32N4O3. The van der Waals surface area contributed by atoms with Gasteiger partial charge in [0.25, 0.3) is 0 Å². The van der Waals surface area contributed by atoms with E-state index in [4.69, 9.17) is 4.74 Å². The number of carbonyl (C=O) groups excluding carboxylic acids is 2. The number of ether oxygens (including phenoxy) is 1. The van der Waals surface area contributed by atoms with Crippen LogP contribution in [0.15, 0.2) is 36.4 Å². The molecule has 7 heteroatoms. The summed E-state index contributed by atoms with van der Waals surface area (Å²) in [5.41, 5.74) is 7.59. The van der Waals surface area contributed by atoms with Crippen LogP contribution < -0.4 is 10.6 Å². The minimum atomic E-state index is -0.232. The van der Waals surface area contributed by atoms with E-state index in [-0.39, 0.29) is 17.9 Å². The molecule has 0 aliphatic carbocycles. The van der Waals surface area contributed by atoms with E-state index in [1.165, 1.54) is 27.8 Å². The van der Waals surface area contributed by atoms with Gasteiger partial charge in [0.15, 0.2) is 0 Å². The lowest BCUT2D eigenvalue weighted by Gasteiger charge is -2.29. The molecule has 0 aromatic heterocycles. The van der Waals surface area contributed by atoms with E-state index < -0.39 is 0 Å². The Morgan fingerprint density at radius 2 is 1.97 bits per heavy atom. The number of nitrogens with zero attached hydrogens (tertiary/aromatic N) is 2. The molecule has 2 N–H and O–H groups in total. The number of benzene rings is 2. The molecule has 1 atom stereocenters. The number of rotatable bonds is 6. The van der Waals surface area contributed by atoms with Gasteiger partial charge in [0.2, 0.25) is 11.8 Å². The zero-order chi connectivity index (χ0) is 22.8. The zero-order valence-electron chi connectivity index (χ0n) is 19.2. The first-order chi connectivity index (χ1) is 16.1. The summed E-state index contributed by atoms with van der Waals surface area (Å²) in [6.45, 7) is 9.03. The second-order valence-corrected chi connectivity index (χ2v) is 9.32. The van der Waals surface area contributed by atoms with Crippen molar-refractivity contribution in [1.82, 2.24) is 15.1 Å². The lowest BCUT2D eigenvalue weighted by atomic mass is 10.0. The summed E-state index contributed by atoms with van der Waals surface area (Å²) in [4.78, 5) is 28.5. The van der Waals surface area contributed by atoms with Gasteiger partial charge in [-0.25, -0.2) is 0 Å². The summed E-state index contributed by atoms with van der Waals surface area (Å²) in [6, 6.07) is 12.8. The van der Waals surface area contributed by atoms with E-state index in [1.54, 1.807) is 0 Å². The van der Waals surface area contributed by atoms with Crippen molar-refractivity contribution >= 4 is 17.5 Å². The highest BCUT2D eigenvalue weighted by atomic mass is 16.5. The van der Waals surface area contributed by atoms with Crippen LogP contribution in [-0.2, 0) is 40.5 Å². The molecule has 0 radical (unpaired) electrons. The van der Waals surface area contributed by atoms with Crippen LogP contribution in [0.5, 0.6) is 0 Å². The number of anilines is 1. The Morgan fingerprint density at radius 1 is 1.12 bits per heavy atom. The molecule has 3 aliphatic heterocycles. The average Bonchev–Trinajstić information content (AvgIpc) is 3.24. The molecule has 2 aromatic rings. The Hall–Kier alpha value is -2.74. The zero-order valence-corrected chi connectivity index (χ0v) is 19.2. The Labute approximate surface area is 195 Å². The minimum absolute atomic E-state index is 0.165. The van der Waals surface area contributed by atoms with E-state index in [2.05, 4.69) is 63.8 Å². The number of amides is 2. The second kappa shape index (κ2) is 9.63. The van der Waals surface area contributed by atoms with Gasteiger partial charge in [0.05, 0.1) is 19.3 Å². The molecule has 3 aliphatic rings. The van der Waals surface area contributed by atoms with Crippen LogP contribution in [0.2, 0.25) is 0 Å². The van der Waals surface area contributed by atoms with Crippen molar-refractivity contribution in [2.24, 2.45) is 0 Å². The van der Waals surface area contributed by atoms with Gasteiger partial charge in [-0.1, -0.05) is 30.3 Å². The summed E-state index contributed by atoms with van der Waals surface area (Å²) in [5, 5.41) is 6.11. The standard InChI is InChI=1S/C26H32N4O3/c1-18-13-19(5-6-20(18)15-29-9-11-33-12-10-29)14-27-23-4-2-3-21-16-30(17-22(21)23)24-7-8-25(31)28-26(24)32/h2-6,13,24,27H,7-12,14-17H2,1H3,(H,28,31,32). The number of aryl methyl sites for hydroxylation is 1. The van der Waals surface area contributed by atoms with Gasteiger partial charge in [-0.05, 0) is 47.2 Å². The molecule has 2 aromatic carbocycles. The van der Waals surface area contributed by atoms with Crippen LogP contribution in [0.3, 0.4) is 0 Å². The molecule has 2 fully saturated rings. The van der Waals surface area contributed by atoms with Crippen molar-refractivity contribution in [2.45, 2.75) is 52.0 Å². The van der Waals surface area contributed by atoms with E-state index in [1.807, 2.05) is 0 Å². The summed E-state index contributed by atoms with van der Waals surface area (Å²) < 4.78 is 5.46. The third-order valence-electron chi connectivity index (χ3n) is 7.05. The predicted octanol–water partition coefficient (Wildman–Crippen LogP) is 2.56. The molecule has 0 spiro atoms. The van der Waals surface area contributed by atoms with Crippen molar-refractivity contribution in [1.29, 1.82) is 0 Å². The highest BCUT2D eigenvalue weighted by Gasteiger charge is 2.35. The van der Waals surface area contributed by atoms with Crippen LogP contribution in [0.25, 0.3) is 0 Å². The number of morpholine rings is 1. The van der Waals surface area contributed by atoms with E-state index in [0.29, 0.717) is 12.8 Å². The molecule has 0 bridgehead atoms. The van der Waals surface area contributed by atoms with Crippen LogP contribution in [0.1, 0.15) is 40.7 Å². The van der Waals surface area contributed by atoms with Crippen LogP contribution in [0, 0.1) is 6.92 Å². The summed E-state index contributed by atoms with van der Waals surface area (Å²) in [7, 11) is 0. The monoisotopic (exact) mass is 448 g/mol. The number of carbonyl (C=O) groups is 2. The molecule has 2 amide bonds. The number of fused-ring (bicyclic) bond motifs is 1. The number of hydrogen-bond acceptors (Lipinski definition) is 6. The fourth-order valence-electron chi connectivity index (χ4n) is 5.11. The maximum absolute atomic E-state index is 12.3. The summed E-state index contributed by atoms with van der Waals surface area (Å²) in [5.74, 6) is -0.331. The van der Waals surface area contributed by atoms with Crippen molar-refractivity contribution in [3.8, 4) is 0 Å². The molecule has 1 unspecified atom stereocenters. The highest BCUT2D eigenvalue weighted by molar-refractivity contribution is 6.00. The molecule has 5 rings (SSSR count). The number of hydrogen-bond donors (Lipinski definition) is 2. The maximum atomic E-state index is 12.3. The molecule has 0 saturated carbocycles. The van der Waals surface area contributed by atoms with Gasteiger partial charge in [0.1, 0.15) is 0 Å². The second-order valence-electron chi connectivity index (χ2n) is 9.32. The Bertz CT molecular complexity index is 1050. The normalized spacial score (nSPS) is 21.7. The Kier molecular flexibility index (Phi) is 6.44. The van der Waals surface area contributed by atoms with Crippen LogP contribution >= 0.6 is 0 Å². The molecule has 174 valence electrons. The highest BCUT2D eigenvalue weighted by Crippen LogP contribution is 2.32. The van der Waals surface area contributed by atoms with Crippen molar-refractivity contribution in [3.63, 3.8) is 0 Å². The van der Waals surface area contributed by atoms with Gasteiger partial charge < -0.3 is 10.1 Å². The van der Waals surface area contributed by atoms with E-state index in [0.717, 1.165) is 58.2 Å². The molecular weight excluding hydrogens is 416 g/mol. The van der Waals surface area contributed by atoms with Crippen molar-refractivity contribution in [2.75, 3.05) is 31.6 Å². The lowest BCUT2D eigenvalue weighted by molar-refractivity contribution is -0.137. The van der Waals surface area contributed by atoms with Crippen LogP contribution in [-0.4, -0.2) is 54.0 Å². The van der Waals surface area contributed by atoms with Gasteiger partial charge in [-0.15, -0.1) is 0 Å². The van der Waals surface area contributed by atoms with Crippen LogP contribution in [0.4, 0.5) is 5.69 Å². The van der Waals surface area contributed by atoms with Gasteiger partial charge in [0, 0.05) is 51.4 Å². The Balaban J connectivity index is 1.22. The molecule has 7 nitrogen and oxygen atoms in total. The number of nitrogens with one attached hydrogen (secondary N) is 2. The van der Waals surface area contributed by atoms with Crippen molar-refractivity contribution < 1.29 is 14.3 Å². The molecule has 2 saturated heterocycles. The first-order valence-corrected chi connectivity index (χ1v) is 11.9. The van der Waals surface area contributed by atoms with Gasteiger partial charge in [-0.2, -0.15) is 0 Å². The van der Waals surface area contributed by atoms with E-state index >= 15 is 0 Å². The maximum Gasteiger partial charge on any atom is 0.243 e. The minimum Gasteiger partial charge on any atom is -0.381 e. The lowest BCUT2D eigenvalue weighted by Crippen LogP contribution is -2.50. The largest absolute Gasteiger partial charge is 0.381 e. The quantitative estimate of drug-likeness (QED) is 0.662. The fourth-order valence-corrected chi connectivity index (χ4v) is 5.11. The van der Waals surface area contributed by atoms with Gasteiger partial charge >= 0.3 is 0 Å². The van der Waals surface area contributed by atoms with Crippen molar-refractivity contribution in [3.05, 3.63) is 64.2 Å². The molecule has 3 heterocycles. The number of piperidine rings is 1. The first kappa shape index (κ1) is 22.1. The Morgan fingerprint density at radius 3 is 2.76 bits per heavy atom. The van der Waals surface area contributed by atoms with E-state index in [9.17, 15) is 9.59 Å². The topological polar surface area (TPSA) is 73.9 Å². The van der Waals surface area contributed by atoms with Gasteiger partial charge in [-0.3, -0.25) is 24.7 Å². The third kappa shape index (κ3) is 4.95. The smallest absolute Gasteiger partial charge is 0.243 e. The first-order valence-electron chi connectivity index (χ1n) is 11.9. The summed E-state index contributed by atoms with van der Waals surface area (Å²) in [6.07, 6.45) is 1.01. The number of imide groups is 1. The fraction of sp³-hybridized carbons (Fsp3) is 0.462. The third-order valence-corrected chi connectivity index (χ3v) is 7.05. The molecule has 33 heavy (non-hydrogen) atoms. The average molecular weight is 449 g/mol. The SMILES string of the molecule is Cc1cc(CNc2cccc3c2CN(C2CCC(=O)NC2=O)C3)ccc1CN1CCOCC1. The summed E-state index contributed by atoms with van der Waals surface area (Å²) >= 11 is 0. The predicted molar refractivity (Wildman–Crippen MR) is 126 cm³/mol.